The largest absolute Gasteiger partial charge is 0.207 e. The van der Waals surface area contributed by atoms with E-state index >= 15 is 4.39 Å². The fourth-order valence-corrected chi connectivity index (χ4v) is 4.79. The number of hydrogen-bond acceptors (Lipinski definition) is 0. The third kappa shape index (κ3) is 4.53. The third-order valence-corrected chi connectivity index (χ3v) is 6.46. The van der Waals surface area contributed by atoms with E-state index in [1.165, 1.54) is 18.2 Å². The molecule has 0 aromatic heterocycles. The molecule has 1 aliphatic rings. The first-order chi connectivity index (χ1) is 15.8. The highest BCUT2D eigenvalue weighted by molar-refractivity contribution is 5.68. The van der Waals surface area contributed by atoms with Gasteiger partial charge in [0.25, 0.3) is 0 Å². The summed E-state index contributed by atoms with van der Waals surface area (Å²) < 4.78 is 87.6. The molecular formula is C27H24F6. The van der Waals surface area contributed by atoms with Gasteiger partial charge < -0.3 is 0 Å². The van der Waals surface area contributed by atoms with Gasteiger partial charge in [0.1, 0.15) is 23.3 Å². The summed E-state index contributed by atoms with van der Waals surface area (Å²) in [7, 11) is 0. The van der Waals surface area contributed by atoms with Crippen molar-refractivity contribution in [3.05, 3.63) is 93.6 Å². The van der Waals surface area contributed by atoms with Crippen molar-refractivity contribution in [2.24, 2.45) is 0 Å². The predicted molar refractivity (Wildman–Crippen MR) is 116 cm³/mol. The predicted octanol–water partition coefficient (Wildman–Crippen LogP) is 8.19. The van der Waals surface area contributed by atoms with Gasteiger partial charge in [-0.3, -0.25) is 0 Å². The van der Waals surface area contributed by atoms with E-state index < -0.39 is 51.9 Å². The van der Waals surface area contributed by atoms with Gasteiger partial charge in [0.2, 0.25) is 0 Å². The van der Waals surface area contributed by atoms with E-state index in [2.05, 4.69) is 6.92 Å². The van der Waals surface area contributed by atoms with Gasteiger partial charge in [0.15, 0.2) is 11.6 Å². The Morgan fingerprint density at radius 2 is 1.55 bits per heavy atom. The molecule has 4 rings (SSSR count). The van der Waals surface area contributed by atoms with Crippen LogP contribution in [0.2, 0.25) is 0 Å². The lowest BCUT2D eigenvalue weighted by Crippen LogP contribution is -2.18. The van der Waals surface area contributed by atoms with Crippen molar-refractivity contribution >= 4 is 0 Å². The van der Waals surface area contributed by atoms with Crippen molar-refractivity contribution in [1.82, 2.24) is 0 Å². The molecule has 0 saturated heterocycles. The van der Waals surface area contributed by atoms with Crippen LogP contribution in [0.25, 0.3) is 11.1 Å². The van der Waals surface area contributed by atoms with Crippen molar-refractivity contribution < 1.29 is 26.3 Å². The number of rotatable bonds is 6. The lowest BCUT2D eigenvalue weighted by molar-refractivity contribution is 0.476. The highest BCUT2D eigenvalue weighted by Crippen LogP contribution is 2.40. The van der Waals surface area contributed by atoms with Crippen molar-refractivity contribution in [3.63, 3.8) is 0 Å². The fourth-order valence-electron chi connectivity index (χ4n) is 4.79. The molecule has 1 atom stereocenters. The minimum Gasteiger partial charge on any atom is -0.207 e. The summed E-state index contributed by atoms with van der Waals surface area (Å²) in [6, 6.07) is 6.93. The van der Waals surface area contributed by atoms with E-state index in [0.29, 0.717) is 12.0 Å². The highest BCUT2D eigenvalue weighted by Gasteiger charge is 2.30. The van der Waals surface area contributed by atoms with Gasteiger partial charge in [-0.2, -0.15) is 0 Å². The summed E-state index contributed by atoms with van der Waals surface area (Å²) in [5.41, 5.74) is -0.141. The second-order valence-corrected chi connectivity index (χ2v) is 8.66. The van der Waals surface area contributed by atoms with Crippen LogP contribution in [0.15, 0.2) is 36.4 Å². The van der Waals surface area contributed by atoms with E-state index in [-0.39, 0.29) is 36.0 Å². The van der Waals surface area contributed by atoms with Crippen molar-refractivity contribution in [2.75, 3.05) is 0 Å². The number of unbranched alkanes of at least 4 members (excludes halogenated alkanes) is 2. The van der Waals surface area contributed by atoms with Gasteiger partial charge in [-0.05, 0) is 79.0 Å². The van der Waals surface area contributed by atoms with Crippen LogP contribution in [-0.4, -0.2) is 0 Å². The maximum Gasteiger partial charge on any atom is 0.166 e. The Labute approximate surface area is 189 Å². The number of halogens is 6. The van der Waals surface area contributed by atoms with E-state index in [9.17, 15) is 22.0 Å². The molecule has 3 aromatic carbocycles. The quantitative estimate of drug-likeness (QED) is 0.256. The summed E-state index contributed by atoms with van der Waals surface area (Å²) in [4.78, 5) is 0. The smallest absolute Gasteiger partial charge is 0.166 e. The Bertz CT molecular complexity index is 1160. The van der Waals surface area contributed by atoms with Gasteiger partial charge >= 0.3 is 0 Å². The van der Waals surface area contributed by atoms with Crippen LogP contribution in [0.1, 0.15) is 60.8 Å². The molecule has 0 N–H and O–H groups in total. The summed E-state index contributed by atoms with van der Waals surface area (Å²) >= 11 is 0. The molecule has 3 aromatic rings. The minimum atomic E-state index is -1.33. The molecule has 1 unspecified atom stereocenters. The van der Waals surface area contributed by atoms with Crippen LogP contribution in [-0.2, 0) is 19.3 Å². The summed E-state index contributed by atoms with van der Waals surface area (Å²) in [6.45, 7) is 2.05. The van der Waals surface area contributed by atoms with Gasteiger partial charge in [0, 0.05) is 11.1 Å². The maximum absolute atomic E-state index is 15.2. The van der Waals surface area contributed by atoms with Gasteiger partial charge in [0.05, 0.1) is 5.56 Å². The minimum absolute atomic E-state index is 0.0537. The molecule has 1 aliphatic carbocycles. The standard InChI is InChI=1S/C27H24F6/c1-2-3-4-6-15-11-21(29)24(22(30)12-15)16-9-10-18-17(13-16)14-23(31)25(27(18)33)19-7-5-8-20(28)26(19)32/h5,7-8,11-12,14,16H,2-4,6,9-10,13H2,1H3. The zero-order valence-electron chi connectivity index (χ0n) is 18.3. The second kappa shape index (κ2) is 9.62. The van der Waals surface area contributed by atoms with E-state index in [4.69, 9.17) is 0 Å². The Morgan fingerprint density at radius 1 is 0.818 bits per heavy atom. The zero-order chi connectivity index (χ0) is 23.7. The van der Waals surface area contributed by atoms with E-state index in [0.717, 1.165) is 37.5 Å². The molecular weight excluding hydrogens is 438 g/mol. The van der Waals surface area contributed by atoms with Crippen LogP contribution in [0.4, 0.5) is 26.3 Å². The van der Waals surface area contributed by atoms with Crippen LogP contribution in [0, 0.1) is 34.9 Å². The number of fused-ring (bicyclic) bond motifs is 1. The topological polar surface area (TPSA) is 0 Å². The monoisotopic (exact) mass is 462 g/mol. The molecule has 0 spiro atoms. The van der Waals surface area contributed by atoms with Crippen LogP contribution >= 0.6 is 0 Å². The maximum atomic E-state index is 15.2. The van der Waals surface area contributed by atoms with Crippen LogP contribution in [0.3, 0.4) is 0 Å². The van der Waals surface area contributed by atoms with Crippen molar-refractivity contribution in [1.29, 1.82) is 0 Å². The fraction of sp³-hybridized carbons (Fsp3) is 0.333. The average molecular weight is 462 g/mol. The van der Waals surface area contributed by atoms with Gasteiger partial charge in [-0.1, -0.05) is 31.9 Å². The van der Waals surface area contributed by atoms with Gasteiger partial charge in [-0.15, -0.1) is 0 Å². The van der Waals surface area contributed by atoms with Crippen LogP contribution < -0.4 is 0 Å². The first-order valence-corrected chi connectivity index (χ1v) is 11.2. The molecule has 0 nitrogen and oxygen atoms in total. The molecule has 0 aliphatic heterocycles. The molecule has 0 saturated carbocycles. The van der Waals surface area contributed by atoms with E-state index in [1.807, 2.05) is 0 Å². The van der Waals surface area contributed by atoms with Crippen molar-refractivity contribution in [3.8, 4) is 11.1 Å². The zero-order valence-corrected chi connectivity index (χ0v) is 18.3. The number of aryl methyl sites for hydroxylation is 1. The highest BCUT2D eigenvalue weighted by atomic mass is 19.2. The SMILES string of the molecule is CCCCCc1cc(F)c(C2CCc3c(cc(F)c(-c4cccc(F)c4F)c3F)C2)c(F)c1. The van der Waals surface area contributed by atoms with Crippen molar-refractivity contribution in [2.45, 2.75) is 57.8 Å². The molecule has 0 heterocycles. The van der Waals surface area contributed by atoms with Crippen LogP contribution in [0.5, 0.6) is 0 Å². The summed E-state index contributed by atoms with van der Waals surface area (Å²) in [6.07, 6.45) is 3.83. The molecule has 0 fully saturated rings. The normalized spacial score (nSPS) is 15.5. The first-order valence-electron chi connectivity index (χ1n) is 11.2. The Hall–Kier alpha value is -2.76. The molecule has 33 heavy (non-hydrogen) atoms. The Morgan fingerprint density at radius 3 is 2.24 bits per heavy atom. The molecule has 0 amide bonds. The second-order valence-electron chi connectivity index (χ2n) is 8.66. The molecule has 0 bridgehead atoms. The summed E-state index contributed by atoms with van der Waals surface area (Å²) in [5, 5.41) is 0. The Kier molecular flexibility index (Phi) is 6.82. The Balaban J connectivity index is 1.66. The third-order valence-electron chi connectivity index (χ3n) is 6.46. The average Bonchev–Trinajstić information content (AvgIpc) is 2.76. The number of benzene rings is 3. The lowest BCUT2D eigenvalue weighted by Gasteiger charge is -2.27. The molecule has 174 valence electrons. The van der Waals surface area contributed by atoms with E-state index in [1.54, 1.807) is 0 Å². The first kappa shape index (κ1) is 23.4. The molecule has 0 radical (unpaired) electrons. The van der Waals surface area contributed by atoms with Gasteiger partial charge in [-0.25, -0.2) is 26.3 Å². The summed E-state index contributed by atoms with van der Waals surface area (Å²) in [5.74, 6) is -6.38. The number of hydrogen-bond donors (Lipinski definition) is 0. The molecule has 6 heteroatoms. The lowest BCUT2D eigenvalue weighted by atomic mass is 9.78.